The van der Waals surface area contributed by atoms with E-state index in [4.69, 9.17) is 4.74 Å². The molecule has 14 heavy (non-hydrogen) atoms. The van der Waals surface area contributed by atoms with E-state index in [-0.39, 0.29) is 5.75 Å². The molecule has 0 unspecified atom stereocenters. The van der Waals surface area contributed by atoms with Crippen LogP contribution < -0.4 is 10.0 Å². The van der Waals surface area contributed by atoms with Gasteiger partial charge in [-0.1, -0.05) is 0 Å². The zero-order valence-corrected chi connectivity index (χ0v) is 9.69. The van der Waals surface area contributed by atoms with E-state index in [1.165, 1.54) is 0 Å². The fourth-order valence-corrected chi connectivity index (χ4v) is 2.08. The Balaban J connectivity index is 3.52. The van der Waals surface area contributed by atoms with Gasteiger partial charge in [0, 0.05) is 20.3 Å². The lowest BCUT2D eigenvalue weighted by Crippen LogP contribution is -2.29. The molecule has 0 saturated carbocycles. The summed E-state index contributed by atoms with van der Waals surface area (Å²) < 4.78 is 29.9. The third-order valence-electron chi connectivity index (χ3n) is 1.69. The van der Waals surface area contributed by atoms with E-state index in [0.29, 0.717) is 26.0 Å². The van der Waals surface area contributed by atoms with Crippen molar-refractivity contribution in [3.8, 4) is 0 Å². The first-order chi connectivity index (χ1) is 6.62. The number of hydrogen-bond acceptors (Lipinski definition) is 4. The molecule has 0 aromatic rings. The first-order valence-corrected chi connectivity index (χ1v) is 6.38. The molecule has 0 heterocycles. The summed E-state index contributed by atoms with van der Waals surface area (Å²) in [6.45, 7) is 1.76. The van der Waals surface area contributed by atoms with Crippen LogP contribution in [0, 0.1) is 0 Å². The number of methoxy groups -OCH3 is 1. The van der Waals surface area contributed by atoms with E-state index in [1.807, 2.05) is 0 Å². The maximum Gasteiger partial charge on any atom is 0.211 e. The van der Waals surface area contributed by atoms with E-state index in [2.05, 4.69) is 10.0 Å². The monoisotopic (exact) mass is 224 g/mol. The maximum absolute atomic E-state index is 11.3. The number of sulfonamides is 1. The Labute approximate surface area is 86.3 Å². The Hall–Kier alpha value is -0.170. The van der Waals surface area contributed by atoms with Crippen LogP contribution >= 0.6 is 0 Å². The van der Waals surface area contributed by atoms with Crippen LogP contribution in [0.15, 0.2) is 0 Å². The lowest BCUT2D eigenvalue weighted by Gasteiger charge is -2.05. The second-order valence-electron chi connectivity index (χ2n) is 3.02. The molecular weight excluding hydrogens is 204 g/mol. The van der Waals surface area contributed by atoms with E-state index in [9.17, 15) is 8.42 Å². The Kier molecular flexibility index (Phi) is 8.07. The minimum atomic E-state index is -3.08. The Morgan fingerprint density at radius 2 is 1.93 bits per heavy atom. The third kappa shape index (κ3) is 8.43. The summed E-state index contributed by atoms with van der Waals surface area (Å²) in [4.78, 5) is 0. The smallest absolute Gasteiger partial charge is 0.211 e. The van der Waals surface area contributed by atoms with Gasteiger partial charge in [0.1, 0.15) is 0 Å². The van der Waals surface area contributed by atoms with Gasteiger partial charge in [-0.2, -0.15) is 0 Å². The highest BCUT2D eigenvalue weighted by Crippen LogP contribution is 1.89. The van der Waals surface area contributed by atoms with Gasteiger partial charge in [0.05, 0.1) is 5.75 Å². The molecule has 0 aromatic carbocycles. The van der Waals surface area contributed by atoms with Gasteiger partial charge in [-0.15, -0.1) is 0 Å². The standard InChI is InChI=1S/C8H20N2O3S/c1-9-5-4-8-14(11,12)10-6-3-7-13-2/h9-10H,3-8H2,1-2H3. The van der Waals surface area contributed by atoms with Gasteiger partial charge in [-0.05, 0) is 26.4 Å². The van der Waals surface area contributed by atoms with E-state index in [1.54, 1.807) is 14.2 Å². The second-order valence-corrected chi connectivity index (χ2v) is 4.94. The van der Waals surface area contributed by atoms with Crippen molar-refractivity contribution in [2.75, 3.05) is 39.6 Å². The van der Waals surface area contributed by atoms with Gasteiger partial charge in [0.2, 0.25) is 10.0 Å². The van der Waals surface area contributed by atoms with Crippen molar-refractivity contribution in [1.29, 1.82) is 0 Å². The largest absolute Gasteiger partial charge is 0.385 e. The molecule has 86 valence electrons. The zero-order valence-electron chi connectivity index (χ0n) is 8.88. The van der Waals surface area contributed by atoms with Gasteiger partial charge in [0.15, 0.2) is 0 Å². The van der Waals surface area contributed by atoms with Crippen molar-refractivity contribution < 1.29 is 13.2 Å². The highest BCUT2D eigenvalue weighted by atomic mass is 32.2. The summed E-state index contributed by atoms with van der Waals surface area (Å²) in [6.07, 6.45) is 1.35. The first kappa shape index (κ1) is 13.8. The lowest BCUT2D eigenvalue weighted by atomic mass is 10.5. The zero-order chi connectivity index (χ0) is 10.9. The number of ether oxygens (including phenoxy) is 1. The van der Waals surface area contributed by atoms with Crippen LogP contribution in [0.2, 0.25) is 0 Å². The molecule has 0 spiro atoms. The fourth-order valence-electron chi connectivity index (χ4n) is 0.955. The Morgan fingerprint density at radius 3 is 2.50 bits per heavy atom. The van der Waals surface area contributed by atoms with Gasteiger partial charge in [-0.3, -0.25) is 0 Å². The molecule has 0 aromatic heterocycles. The molecule has 0 bridgehead atoms. The summed E-state index contributed by atoms with van der Waals surface area (Å²) in [5.74, 6) is 0.181. The summed E-state index contributed by atoms with van der Waals surface area (Å²) in [7, 11) is 0.323. The molecule has 0 rings (SSSR count). The summed E-state index contributed by atoms with van der Waals surface area (Å²) in [5.41, 5.74) is 0. The molecular formula is C8H20N2O3S. The summed E-state index contributed by atoms with van der Waals surface area (Å²) >= 11 is 0. The van der Waals surface area contributed by atoms with E-state index in [0.717, 1.165) is 6.54 Å². The maximum atomic E-state index is 11.3. The molecule has 0 aliphatic carbocycles. The van der Waals surface area contributed by atoms with Crippen molar-refractivity contribution in [3.63, 3.8) is 0 Å². The van der Waals surface area contributed by atoms with Crippen molar-refractivity contribution in [3.05, 3.63) is 0 Å². The quantitative estimate of drug-likeness (QED) is 0.521. The van der Waals surface area contributed by atoms with Gasteiger partial charge >= 0.3 is 0 Å². The summed E-state index contributed by atoms with van der Waals surface area (Å²) in [5, 5.41) is 2.90. The molecule has 0 saturated heterocycles. The molecule has 0 fully saturated rings. The van der Waals surface area contributed by atoms with Crippen LogP contribution in [-0.4, -0.2) is 48.0 Å². The fraction of sp³-hybridized carbons (Fsp3) is 1.00. The number of nitrogens with one attached hydrogen (secondary N) is 2. The topological polar surface area (TPSA) is 67.4 Å². The van der Waals surface area contributed by atoms with Crippen molar-refractivity contribution in [2.45, 2.75) is 12.8 Å². The molecule has 5 nitrogen and oxygen atoms in total. The SMILES string of the molecule is CNCCCS(=O)(=O)NCCCOC. The van der Waals surface area contributed by atoms with Crippen LogP contribution in [0.1, 0.15) is 12.8 Å². The number of hydrogen-bond donors (Lipinski definition) is 2. The summed E-state index contributed by atoms with van der Waals surface area (Å²) in [6, 6.07) is 0. The predicted octanol–water partition coefficient (Wildman–Crippen LogP) is -0.448. The highest BCUT2D eigenvalue weighted by molar-refractivity contribution is 7.89. The highest BCUT2D eigenvalue weighted by Gasteiger charge is 2.07. The molecule has 2 N–H and O–H groups in total. The molecule has 0 amide bonds. The van der Waals surface area contributed by atoms with Crippen molar-refractivity contribution in [1.82, 2.24) is 10.0 Å². The van der Waals surface area contributed by atoms with Crippen molar-refractivity contribution in [2.24, 2.45) is 0 Å². The van der Waals surface area contributed by atoms with Crippen molar-refractivity contribution >= 4 is 10.0 Å². The van der Waals surface area contributed by atoms with Crippen LogP contribution in [0.5, 0.6) is 0 Å². The Morgan fingerprint density at radius 1 is 1.21 bits per heavy atom. The van der Waals surface area contributed by atoms with Gasteiger partial charge in [0.25, 0.3) is 0 Å². The average molecular weight is 224 g/mol. The molecule has 0 radical (unpaired) electrons. The minimum Gasteiger partial charge on any atom is -0.385 e. The van der Waals surface area contributed by atoms with Gasteiger partial charge in [-0.25, -0.2) is 13.1 Å². The molecule has 0 aliphatic rings. The van der Waals surface area contributed by atoms with Crippen LogP contribution in [-0.2, 0) is 14.8 Å². The molecule has 6 heteroatoms. The van der Waals surface area contributed by atoms with Gasteiger partial charge < -0.3 is 10.1 Å². The first-order valence-electron chi connectivity index (χ1n) is 4.73. The van der Waals surface area contributed by atoms with E-state index >= 15 is 0 Å². The van der Waals surface area contributed by atoms with Crippen LogP contribution in [0.3, 0.4) is 0 Å². The van der Waals surface area contributed by atoms with Crippen LogP contribution in [0.4, 0.5) is 0 Å². The minimum absolute atomic E-state index is 0.181. The third-order valence-corrected chi connectivity index (χ3v) is 3.16. The predicted molar refractivity (Wildman–Crippen MR) is 56.8 cm³/mol. The normalized spacial score (nSPS) is 11.9. The van der Waals surface area contributed by atoms with E-state index < -0.39 is 10.0 Å². The second kappa shape index (κ2) is 8.16. The Bertz CT molecular complexity index is 217. The molecule has 0 atom stereocenters. The van der Waals surface area contributed by atoms with Crippen LogP contribution in [0.25, 0.3) is 0 Å². The molecule has 0 aliphatic heterocycles. The lowest BCUT2D eigenvalue weighted by molar-refractivity contribution is 0.196. The average Bonchev–Trinajstić information content (AvgIpc) is 2.13. The number of rotatable bonds is 9.